The standard InChI is InChI=1S/C27H47ClO/c1-18(2)8-6-9-19(3)27(28)17-15-22-21-13-12-20-10-7-11-24(29)26(20,5)23(21)14-16-25(22,27)4/h18-24,29H,6-17H2,1-5H3/t19-,20-,21+,22+,23+,24?,25+,26+,27+/m1/s1. The van der Waals surface area contributed by atoms with Gasteiger partial charge >= 0.3 is 0 Å². The van der Waals surface area contributed by atoms with Crippen LogP contribution in [0.1, 0.15) is 112 Å². The molecule has 0 bridgehead atoms. The molecule has 0 saturated heterocycles. The van der Waals surface area contributed by atoms with Gasteiger partial charge in [-0.05, 0) is 104 Å². The first-order valence-corrected chi connectivity index (χ1v) is 13.4. The summed E-state index contributed by atoms with van der Waals surface area (Å²) in [6, 6.07) is 0. The molecule has 0 aromatic rings. The second kappa shape index (κ2) is 7.99. The summed E-state index contributed by atoms with van der Waals surface area (Å²) in [6.07, 6.45) is 15.4. The molecule has 4 rings (SSSR count). The third kappa shape index (κ3) is 3.35. The van der Waals surface area contributed by atoms with E-state index in [4.69, 9.17) is 11.6 Å². The number of halogens is 1. The van der Waals surface area contributed by atoms with Crippen LogP contribution in [0.5, 0.6) is 0 Å². The average molecular weight is 423 g/mol. The minimum atomic E-state index is -0.0736. The molecule has 0 amide bonds. The number of alkyl halides is 1. The zero-order valence-corrected chi connectivity index (χ0v) is 20.6. The van der Waals surface area contributed by atoms with Gasteiger partial charge in [0, 0.05) is 0 Å². The fourth-order valence-electron chi connectivity index (χ4n) is 9.20. The van der Waals surface area contributed by atoms with E-state index in [1.807, 2.05) is 0 Å². The van der Waals surface area contributed by atoms with Crippen LogP contribution in [0.15, 0.2) is 0 Å². The lowest BCUT2D eigenvalue weighted by atomic mass is 9.44. The van der Waals surface area contributed by atoms with E-state index in [-0.39, 0.29) is 21.8 Å². The minimum absolute atomic E-state index is 0.0114. The van der Waals surface area contributed by atoms with Gasteiger partial charge in [0.2, 0.25) is 0 Å². The second-order valence-corrected chi connectivity index (χ2v) is 13.2. The maximum Gasteiger partial charge on any atom is 0.0599 e. The number of rotatable bonds is 5. The van der Waals surface area contributed by atoms with Gasteiger partial charge in [0.1, 0.15) is 0 Å². The normalized spacial score (nSPS) is 50.7. The number of fused-ring (bicyclic) bond motifs is 5. The highest BCUT2D eigenvalue weighted by Gasteiger charge is 2.66. The predicted molar refractivity (Wildman–Crippen MR) is 124 cm³/mol. The molecule has 4 saturated carbocycles. The van der Waals surface area contributed by atoms with E-state index in [0.717, 1.165) is 36.0 Å². The summed E-state index contributed by atoms with van der Waals surface area (Å²) in [5.74, 6) is 4.47. The Hall–Kier alpha value is 0.250. The average Bonchev–Trinajstić information content (AvgIpc) is 2.95. The number of aliphatic hydroxyl groups is 1. The fourth-order valence-corrected chi connectivity index (χ4v) is 9.66. The maximum absolute atomic E-state index is 11.1. The van der Waals surface area contributed by atoms with Gasteiger partial charge in [0.25, 0.3) is 0 Å². The first-order chi connectivity index (χ1) is 13.6. The predicted octanol–water partition coefficient (Wildman–Crippen LogP) is 7.83. The quantitative estimate of drug-likeness (QED) is 0.447. The summed E-state index contributed by atoms with van der Waals surface area (Å²) < 4.78 is 0. The molecule has 9 atom stereocenters. The van der Waals surface area contributed by atoms with Crippen molar-refractivity contribution < 1.29 is 5.11 Å². The molecule has 29 heavy (non-hydrogen) atoms. The van der Waals surface area contributed by atoms with Crippen molar-refractivity contribution in [2.75, 3.05) is 0 Å². The van der Waals surface area contributed by atoms with E-state index in [0.29, 0.717) is 5.92 Å². The third-order valence-corrected chi connectivity index (χ3v) is 12.1. The summed E-state index contributed by atoms with van der Waals surface area (Å²) in [4.78, 5) is -0.0114. The summed E-state index contributed by atoms with van der Waals surface area (Å²) in [6.45, 7) is 12.2. The highest BCUT2D eigenvalue weighted by Crippen LogP contribution is 2.70. The van der Waals surface area contributed by atoms with Crippen molar-refractivity contribution >= 4 is 11.6 Å². The van der Waals surface area contributed by atoms with Crippen LogP contribution >= 0.6 is 11.6 Å². The van der Waals surface area contributed by atoms with Gasteiger partial charge < -0.3 is 5.11 Å². The highest BCUT2D eigenvalue weighted by molar-refractivity contribution is 6.25. The lowest BCUT2D eigenvalue weighted by Gasteiger charge is -2.62. The zero-order chi connectivity index (χ0) is 21.0. The van der Waals surface area contributed by atoms with E-state index in [2.05, 4.69) is 34.6 Å². The smallest absolute Gasteiger partial charge is 0.0599 e. The summed E-state index contributed by atoms with van der Waals surface area (Å²) in [7, 11) is 0. The van der Waals surface area contributed by atoms with Crippen LogP contribution in [-0.2, 0) is 0 Å². The molecule has 0 heterocycles. The Balaban J connectivity index is 1.54. The Kier molecular flexibility index (Phi) is 6.18. The van der Waals surface area contributed by atoms with E-state index in [1.165, 1.54) is 70.6 Å². The van der Waals surface area contributed by atoms with E-state index < -0.39 is 0 Å². The minimum Gasteiger partial charge on any atom is -0.393 e. The molecule has 0 aromatic carbocycles. The SMILES string of the molecule is CC(C)CCC[C@@H](C)[C@@]1(Cl)CC[C@H]2[C@@H]3CC[C@H]4CCCC(O)[C@]4(C)[C@H]3CC[C@@]21C. The Labute approximate surface area is 185 Å². The van der Waals surface area contributed by atoms with Crippen molar-refractivity contribution in [1.29, 1.82) is 0 Å². The molecule has 4 aliphatic carbocycles. The summed E-state index contributed by atoms with van der Waals surface area (Å²) in [5.41, 5.74) is 0.457. The molecule has 4 aliphatic rings. The molecule has 4 fully saturated rings. The fraction of sp³-hybridized carbons (Fsp3) is 1.00. The molecule has 1 N–H and O–H groups in total. The van der Waals surface area contributed by atoms with Crippen LogP contribution in [0.3, 0.4) is 0 Å². The first kappa shape index (κ1) is 22.4. The van der Waals surface area contributed by atoms with Crippen molar-refractivity contribution in [2.45, 2.75) is 123 Å². The molecule has 0 aliphatic heterocycles. The van der Waals surface area contributed by atoms with Gasteiger partial charge in [-0.1, -0.05) is 53.9 Å². The van der Waals surface area contributed by atoms with Crippen molar-refractivity contribution in [3.8, 4) is 0 Å². The van der Waals surface area contributed by atoms with Crippen LogP contribution in [0.2, 0.25) is 0 Å². The molecule has 0 radical (unpaired) electrons. The molecule has 2 heteroatoms. The largest absolute Gasteiger partial charge is 0.393 e. The highest BCUT2D eigenvalue weighted by atomic mass is 35.5. The first-order valence-electron chi connectivity index (χ1n) is 13.0. The van der Waals surface area contributed by atoms with Crippen LogP contribution in [0, 0.1) is 46.3 Å². The van der Waals surface area contributed by atoms with Crippen molar-refractivity contribution in [3.05, 3.63) is 0 Å². The molecule has 0 aromatic heterocycles. The molecule has 1 nitrogen and oxygen atoms in total. The number of hydrogen-bond acceptors (Lipinski definition) is 1. The Morgan fingerprint density at radius 2 is 1.62 bits per heavy atom. The Bertz CT molecular complexity index is 589. The molecule has 168 valence electrons. The summed E-state index contributed by atoms with van der Waals surface area (Å²) >= 11 is 7.63. The molecular formula is C27H47ClO. The van der Waals surface area contributed by atoms with Crippen molar-refractivity contribution in [3.63, 3.8) is 0 Å². The zero-order valence-electron chi connectivity index (χ0n) is 19.9. The molecule has 0 spiro atoms. The van der Waals surface area contributed by atoms with Crippen molar-refractivity contribution in [2.24, 2.45) is 46.3 Å². The molecule has 1 unspecified atom stereocenters. The van der Waals surface area contributed by atoms with E-state index in [9.17, 15) is 5.11 Å². The number of hydrogen-bond donors (Lipinski definition) is 1. The van der Waals surface area contributed by atoms with Gasteiger partial charge in [0.15, 0.2) is 0 Å². The monoisotopic (exact) mass is 422 g/mol. The lowest BCUT2D eigenvalue weighted by molar-refractivity contribution is -0.162. The molecular weight excluding hydrogens is 376 g/mol. The van der Waals surface area contributed by atoms with Gasteiger partial charge in [0.05, 0.1) is 11.0 Å². The lowest BCUT2D eigenvalue weighted by Crippen LogP contribution is -2.59. The Morgan fingerprint density at radius 1 is 0.897 bits per heavy atom. The van der Waals surface area contributed by atoms with Crippen LogP contribution in [0.25, 0.3) is 0 Å². The Morgan fingerprint density at radius 3 is 2.34 bits per heavy atom. The second-order valence-electron chi connectivity index (χ2n) is 12.5. The van der Waals surface area contributed by atoms with E-state index >= 15 is 0 Å². The van der Waals surface area contributed by atoms with Crippen LogP contribution in [0.4, 0.5) is 0 Å². The van der Waals surface area contributed by atoms with Crippen LogP contribution < -0.4 is 0 Å². The van der Waals surface area contributed by atoms with Crippen LogP contribution in [-0.4, -0.2) is 16.1 Å². The van der Waals surface area contributed by atoms with Crippen molar-refractivity contribution in [1.82, 2.24) is 0 Å². The van der Waals surface area contributed by atoms with Gasteiger partial charge in [-0.3, -0.25) is 0 Å². The van der Waals surface area contributed by atoms with Gasteiger partial charge in [-0.25, -0.2) is 0 Å². The van der Waals surface area contributed by atoms with Gasteiger partial charge in [-0.15, -0.1) is 11.6 Å². The third-order valence-electron chi connectivity index (χ3n) is 11.1. The topological polar surface area (TPSA) is 20.2 Å². The number of aliphatic hydroxyl groups excluding tert-OH is 1. The maximum atomic E-state index is 11.1. The van der Waals surface area contributed by atoms with Gasteiger partial charge in [-0.2, -0.15) is 0 Å². The summed E-state index contributed by atoms with van der Waals surface area (Å²) in [5, 5.41) is 11.1. The van der Waals surface area contributed by atoms with E-state index in [1.54, 1.807) is 0 Å².